The van der Waals surface area contributed by atoms with Gasteiger partial charge in [0, 0.05) is 10.6 Å². The SMILES string of the molecule is O=C(NNC(=O)[C@H]1CCCC[C@@H]1C(=O)O)c1cccc(Cl)c1. The van der Waals surface area contributed by atoms with E-state index in [0.29, 0.717) is 23.4 Å². The highest BCUT2D eigenvalue weighted by Crippen LogP contribution is 2.30. The highest BCUT2D eigenvalue weighted by atomic mass is 35.5. The van der Waals surface area contributed by atoms with E-state index in [1.807, 2.05) is 0 Å². The molecule has 1 fully saturated rings. The highest BCUT2D eigenvalue weighted by Gasteiger charge is 2.35. The van der Waals surface area contributed by atoms with Crippen molar-refractivity contribution in [2.75, 3.05) is 0 Å². The van der Waals surface area contributed by atoms with Crippen LogP contribution in [0.2, 0.25) is 5.02 Å². The number of nitrogens with one attached hydrogen (secondary N) is 2. The van der Waals surface area contributed by atoms with E-state index >= 15 is 0 Å². The van der Waals surface area contributed by atoms with Crippen LogP contribution in [0.4, 0.5) is 0 Å². The largest absolute Gasteiger partial charge is 0.481 e. The van der Waals surface area contributed by atoms with Gasteiger partial charge in [-0.15, -0.1) is 0 Å². The molecule has 22 heavy (non-hydrogen) atoms. The zero-order chi connectivity index (χ0) is 16.1. The van der Waals surface area contributed by atoms with Gasteiger partial charge in [0.2, 0.25) is 5.91 Å². The molecule has 0 aromatic heterocycles. The molecular weight excluding hydrogens is 308 g/mol. The lowest BCUT2D eigenvalue weighted by molar-refractivity contribution is -0.149. The second-order valence-electron chi connectivity index (χ2n) is 5.29. The fraction of sp³-hybridized carbons (Fsp3) is 0.400. The molecule has 0 unspecified atom stereocenters. The van der Waals surface area contributed by atoms with E-state index in [0.717, 1.165) is 12.8 Å². The molecule has 2 rings (SSSR count). The van der Waals surface area contributed by atoms with Crippen LogP contribution in [0.1, 0.15) is 36.0 Å². The molecule has 0 aliphatic heterocycles. The van der Waals surface area contributed by atoms with Crippen molar-refractivity contribution < 1.29 is 19.5 Å². The van der Waals surface area contributed by atoms with Crippen LogP contribution in [-0.2, 0) is 9.59 Å². The van der Waals surface area contributed by atoms with Crippen LogP contribution in [-0.4, -0.2) is 22.9 Å². The van der Waals surface area contributed by atoms with Crippen molar-refractivity contribution in [3.05, 3.63) is 34.9 Å². The van der Waals surface area contributed by atoms with Gasteiger partial charge in [0.15, 0.2) is 0 Å². The first-order valence-corrected chi connectivity index (χ1v) is 7.45. The number of carbonyl (C=O) groups excluding carboxylic acids is 2. The molecule has 118 valence electrons. The lowest BCUT2D eigenvalue weighted by Crippen LogP contribution is -2.47. The summed E-state index contributed by atoms with van der Waals surface area (Å²) in [6.45, 7) is 0. The summed E-state index contributed by atoms with van der Waals surface area (Å²) in [7, 11) is 0. The molecule has 3 N–H and O–H groups in total. The van der Waals surface area contributed by atoms with Crippen molar-refractivity contribution in [1.29, 1.82) is 0 Å². The van der Waals surface area contributed by atoms with E-state index in [-0.39, 0.29) is 0 Å². The molecule has 0 radical (unpaired) electrons. The second-order valence-corrected chi connectivity index (χ2v) is 5.73. The standard InChI is InChI=1S/C15H17ClN2O4/c16-10-5-3-4-9(8-10)13(19)17-18-14(20)11-6-1-2-7-12(11)15(21)22/h3-5,8,11-12H,1-2,6-7H2,(H,17,19)(H,18,20)(H,21,22)/t11-,12-/m0/s1. The van der Waals surface area contributed by atoms with E-state index in [1.54, 1.807) is 18.2 Å². The Labute approximate surface area is 132 Å². The van der Waals surface area contributed by atoms with Gasteiger partial charge in [-0.2, -0.15) is 0 Å². The zero-order valence-corrected chi connectivity index (χ0v) is 12.6. The maximum atomic E-state index is 12.1. The monoisotopic (exact) mass is 324 g/mol. The second kappa shape index (κ2) is 7.26. The molecule has 0 heterocycles. The molecule has 6 nitrogen and oxygen atoms in total. The Bertz CT molecular complexity index is 591. The van der Waals surface area contributed by atoms with Gasteiger partial charge in [-0.05, 0) is 31.0 Å². The number of hydrazine groups is 1. The number of halogens is 1. The van der Waals surface area contributed by atoms with Crippen LogP contribution in [0.15, 0.2) is 24.3 Å². The van der Waals surface area contributed by atoms with Gasteiger partial charge in [-0.25, -0.2) is 0 Å². The number of carboxylic acids is 1. The fourth-order valence-corrected chi connectivity index (χ4v) is 2.84. The number of hydrogen-bond donors (Lipinski definition) is 3. The number of rotatable bonds is 3. The van der Waals surface area contributed by atoms with E-state index in [1.165, 1.54) is 6.07 Å². The van der Waals surface area contributed by atoms with Crippen LogP contribution >= 0.6 is 11.6 Å². The molecule has 7 heteroatoms. The number of benzene rings is 1. The van der Waals surface area contributed by atoms with Crippen molar-refractivity contribution in [3.8, 4) is 0 Å². The number of carbonyl (C=O) groups is 3. The highest BCUT2D eigenvalue weighted by molar-refractivity contribution is 6.30. The van der Waals surface area contributed by atoms with Crippen LogP contribution in [0.25, 0.3) is 0 Å². The molecule has 1 aromatic rings. The van der Waals surface area contributed by atoms with Gasteiger partial charge < -0.3 is 5.11 Å². The lowest BCUT2D eigenvalue weighted by Gasteiger charge is -2.27. The van der Waals surface area contributed by atoms with Gasteiger partial charge in [0.1, 0.15) is 0 Å². The smallest absolute Gasteiger partial charge is 0.307 e. The quantitative estimate of drug-likeness (QED) is 0.741. The predicted molar refractivity (Wildman–Crippen MR) is 80.1 cm³/mol. The van der Waals surface area contributed by atoms with Crippen molar-refractivity contribution in [2.24, 2.45) is 11.8 Å². The average Bonchev–Trinajstić information content (AvgIpc) is 2.52. The summed E-state index contributed by atoms with van der Waals surface area (Å²) in [6.07, 6.45) is 2.60. The van der Waals surface area contributed by atoms with E-state index in [4.69, 9.17) is 16.7 Å². The van der Waals surface area contributed by atoms with Gasteiger partial charge in [0.25, 0.3) is 5.91 Å². The molecule has 0 saturated heterocycles. The van der Waals surface area contributed by atoms with Crippen molar-refractivity contribution in [1.82, 2.24) is 10.9 Å². The number of amides is 2. The Balaban J connectivity index is 1.94. The summed E-state index contributed by atoms with van der Waals surface area (Å²) >= 11 is 5.79. The third kappa shape index (κ3) is 3.98. The van der Waals surface area contributed by atoms with E-state index in [9.17, 15) is 14.4 Å². The topological polar surface area (TPSA) is 95.5 Å². The van der Waals surface area contributed by atoms with Crippen molar-refractivity contribution >= 4 is 29.4 Å². The molecule has 1 saturated carbocycles. The Morgan fingerprint density at radius 3 is 2.41 bits per heavy atom. The molecule has 2 atom stereocenters. The Hall–Kier alpha value is -2.08. The molecule has 1 aliphatic rings. The van der Waals surface area contributed by atoms with Crippen LogP contribution < -0.4 is 10.9 Å². The molecule has 1 aliphatic carbocycles. The Kier molecular flexibility index (Phi) is 5.38. The van der Waals surface area contributed by atoms with Crippen LogP contribution in [0.3, 0.4) is 0 Å². The summed E-state index contributed by atoms with van der Waals surface area (Å²) in [5.74, 6) is -3.26. The Morgan fingerprint density at radius 2 is 1.77 bits per heavy atom. The molecule has 1 aromatic carbocycles. The molecule has 2 amide bonds. The number of hydrogen-bond acceptors (Lipinski definition) is 3. The minimum Gasteiger partial charge on any atom is -0.481 e. The molecular formula is C15H17ClN2O4. The maximum absolute atomic E-state index is 12.1. The summed E-state index contributed by atoms with van der Waals surface area (Å²) < 4.78 is 0. The first-order chi connectivity index (χ1) is 10.5. The lowest BCUT2D eigenvalue weighted by atomic mass is 9.79. The minimum absolute atomic E-state index is 0.311. The summed E-state index contributed by atoms with van der Waals surface area (Å²) in [5.41, 5.74) is 4.91. The number of aliphatic carboxylic acids is 1. The van der Waals surface area contributed by atoms with Gasteiger partial charge in [-0.3, -0.25) is 25.2 Å². The Morgan fingerprint density at radius 1 is 1.09 bits per heavy atom. The third-order valence-corrected chi connectivity index (χ3v) is 4.04. The minimum atomic E-state index is -0.971. The predicted octanol–water partition coefficient (Wildman–Crippen LogP) is 1.99. The molecule has 0 bridgehead atoms. The average molecular weight is 325 g/mol. The van der Waals surface area contributed by atoms with E-state index in [2.05, 4.69) is 10.9 Å². The summed E-state index contributed by atoms with van der Waals surface area (Å²) in [5, 5.41) is 9.58. The fourth-order valence-electron chi connectivity index (χ4n) is 2.65. The van der Waals surface area contributed by atoms with Crippen molar-refractivity contribution in [2.45, 2.75) is 25.7 Å². The third-order valence-electron chi connectivity index (χ3n) is 3.81. The van der Waals surface area contributed by atoms with Gasteiger partial charge >= 0.3 is 5.97 Å². The summed E-state index contributed by atoms with van der Waals surface area (Å²) in [4.78, 5) is 35.2. The normalized spacial score (nSPS) is 21.0. The first kappa shape index (κ1) is 16.3. The zero-order valence-electron chi connectivity index (χ0n) is 11.8. The maximum Gasteiger partial charge on any atom is 0.307 e. The van der Waals surface area contributed by atoms with Gasteiger partial charge in [0.05, 0.1) is 11.8 Å². The van der Waals surface area contributed by atoms with Crippen LogP contribution in [0, 0.1) is 11.8 Å². The number of carboxylic acid groups (broad SMARTS) is 1. The first-order valence-electron chi connectivity index (χ1n) is 7.07. The van der Waals surface area contributed by atoms with Crippen molar-refractivity contribution in [3.63, 3.8) is 0 Å². The van der Waals surface area contributed by atoms with E-state index < -0.39 is 29.6 Å². The summed E-state index contributed by atoms with van der Waals surface area (Å²) in [6, 6.07) is 6.30. The van der Waals surface area contributed by atoms with Gasteiger partial charge in [-0.1, -0.05) is 30.5 Å². The van der Waals surface area contributed by atoms with Crippen LogP contribution in [0.5, 0.6) is 0 Å². The molecule has 0 spiro atoms.